The normalized spacial score (nSPS) is 18.4. The molecular formula is C21H20F3N5O2. The Bertz CT molecular complexity index is 1090. The largest absolute Gasteiger partial charge is 0.424 e. The Morgan fingerprint density at radius 1 is 1.10 bits per heavy atom. The van der Waals surface area contributed by atoms with Gasteiger partial charge in [0.2, 0.25) is 5.60 Å². The van der Waals surface area contributed by atoms with Gasteiger partial charge in [-0.15, -0.1) is 0 Å². The van der Waals surface area contributed by atoms with Crippen LogP contribution in [0.1, 0.15) is 41.8 Å². The predicted molar refractivity (Wildman–Crippen MR) is 105 cm³/mol. The fraction of sp³-hybridized carbons (Fsp3) is 0.333. The van der Waals surface area contributed by atoms with E-state index in [-0.39, 0.29) is 24.6 Å². The maximum atomic E-state index is 13.3. The lowest BCUT2D eigenvalue weighted by Gasteiger charge is -2.36. The van der Waals surface area contributed by atoms with Crippen LogP contribution in [-0.2, 0) is 12.1 Å². The first-order valence-corrected chi connectivity index (χ1v) is 9.62. The first-order valence-electron chi connectivity index (χ1n) is 9.62. The smallest absolute Gasteiger partial charge is 0.374 e. The van der Waals surface area contributed by atoms with Crippen molar-refractivity contribution in [2.45, 2.75) is 38.2 Å². The Kier molecular flexibility index (Phi) is 5.04. The number of alkyl halides is 3. The summed E-state index contributed by atoms with van der Waals surface area (Å²) in [5.41, 5.74) is -1.58. The maximum absolute atomic E-state index is 13.3. The van der Waals surface area contributed by atoms with Crippen molar-refractivity contribution in [1.82, 2.24) is 24.4 Å². The van der Waals surface area contributed by atoms with E-state index in [0.29, 0.717) is 18.4 Å². The lowest BCUT2D eigenvalue weighted by Crippen LogP contribution is -2.45. The Hall–Kier alpha value is -3.27. The van der Waals surface area contributed by atoms with Gasteiger partial charge in [-0.05, 0) is 13.8 Å². The highest BCUT2D eigenvalue weighted by Crippen LogP contribution is 2.40. The zero-order chi connectivity index (χ0) is 22.4. The van der Waals surface area contributed by atoms with E-state index >= 15 is 0 Å². The number of carbonyl (C=O) groups is 1. The third-order valence-corrected chi connectivity index (χ3v) is 5.36. The predicted octanol–water partition coefficient (Wildman–Crippen LogP) is 3.33. The van der Waals surface area contributed by atoms with Gasteiger partial charge in [0.25, 0.3) is 5.91 Å². The molecule has 0 spiro atoms. The second-order valence-electron chi connectivity index (χ2n) is 7.71. The van der Waals surface area contributed by atoms with Crippen LogP contribution in [0.15, 0.2) is 48.9 Å². The molecular weight excluding hydrogens is 411 g/mol. The summed E-state index contributed by atoms with van der Waals surface area (Å²) in [7, 11) is 0. The second kappa shape index (κ2) is 7.45. The molecule has 31 heavy (non-hydrogen) atoms. The van der Waals surface area contributed by atoms with Crippen LogP contribution in [0, 0.1) is 0 Å². The summed E-state index contributed by atoms with van der Waals surface area (Å²) < 4.78 is 41.2. The molecule has 2 aromatic heterocycles. The van der Waals surface area contributed by atoms with Crippen molar-refractivity contribution in [3.63, 3.8) is 0 Å². The van der Waals surface area contributed by atoms with Gasteiger partial charge in [-0.2, -0.15) is 13.2 Å². The lowest BCUT2D eigenvalue weighted by atomic mass is 10.0. The number of halogens is 3. The minimum absolute atomic E-state index is 0.0601. The first-order chi connectivity index (χ1) is 14.6. The van der Waals surface area contributed by atoms with Crippen LogP contribution in [-0.4, -0.2) is 48.2 Å². The van der Waals surface area contributed by atoms with Crippen LogP contribution >= 0.6 is 0 Å². The molecule has 162 valence electrons. The van der Waals surface area contributed by atoms with Gasteiger partial charge in [-0.1, -0.05) is 30.3 Å². The molecule has 2 atom stereocenters. The van der Waals surface area contributed by atoms with Gasteiger partial charge in [0.1, 0.15) is 0 Å². The van der Waals surface area contributed by atoms with E-state index in [2.05, 4.69) is 15.0 Å². The van der Waals surface area contributed by atoms with E-state index in [0.717, 1.165) is 5.56 Å². The molecule has 0 radical (unpaired) electrons. The molecule has 1 aliphatic heterocycles. The van der Waals surface area contributed by atoms with Gasteiger partial charge in [-0.25, -0.2) is 15.0 Å². The minimum Gasteiger partial charge on any atom is -0.374 e. The van der Waals surface area contributed by atoms with Crippen molar-refractivity contribution in [2.75, 3.05) is 6.54 Å². The van der Waals surface area contributed by atoms with E-state index in [1.165, 1.54) is 28.1 Å². The third kappa shape index (κ3) is 3.67. The molecule has 7 nitrogen and oxygen atoms in total. The topological polar surface area (TPSA) is 84.1 Å². The molecule has 1 amide bonds. The van der Waals surface area contributed by atoms with E-state index < -0.39 is 23.6 Å². The van der Waals surface area contributed by atoms with Crippen molar-refractivity contribution in [2.24, 2.45) is 0 Å². The van der Waals surface area contributed by atoms with Crippen LogP contribution in [0.2, 0.25) is 0 Å². The molecule has 0 saturated heterocycles. The average molecular weight is 431 g/mol. The molecule has 10 heteroatoms. The van der Waals surface area contributed by atoms with Gasteiger partial charge in [-0.3, -0.25) is 4.79 Å². The Morgan fingerprint density at radius 2 is 1.74 bits per heavy atom. The summed E-state index contributed by atoms with van der Waals surface area (Å²) in [5, 5.41) is 10.1. The fourth-order valence-electron chi connectivity index (χ4n) is 3.66. The van der Waals surface area contributed by atoms with Crippen LogP contribution in [0.5, 0.6) is 0 Å². The molecule has 0 saturated carbocycles. The van der Waals surface area contributed by atoms with Crippen LogP contribution in [0.4, 0.5) is 13.2 Å². The standard InChI is InChI=1S/C21H20F3N5O2/c1-13-11-28(12-16-10-27-19(29(13)16)20(2,31)21(22,23)24)18(30)15-8-25-17(26-9-15)14-6-4-3-5-7-14/h3-10,13,31H,11-12H2,1-2H3/t13-,20?/m0/s1. The van der Waals surface area contributed by atoms with Gasteiger partial charge >= 0.3 is 6.18 Å². The summed E-state index contributed by atoms with van der Waals surface area (Å²) in [6.45, 7) is 2.57. The summed E-state index contributed by atoms with van der Waals surface area (Å²) in [6, 6.07) is 8.81. The Labute approximate surface area is 176 Å². The van der Waals surface area contributed by atoms with Crippen LogP contribution in [0.3, 0.4) is 0 Å². The van der Waals surface area contributed by atoms with Gasteiger partial charge < -0.3 is 14.6 Å². The zero-order valence-corrected chi connectivity index (χ0v) is 16.8. The number of imidazole rings is 1. The molecule has 0 fully saturated rings. The molecule has 1 aliphatic rings. The minimum atomic E-state index is -4.88. The average Bonchev–Trinajstić information content (AvgIpc) is 3.18. The van der Waals surface area contributed by atoms with E-state index in [4.69, 9.17) is 0 Å². The SMILES string of the molecule is C[C@H]1CN(C(=O)c2cnc(-c3ccccc3)nc2)Cc2cnc(C(C)(O)C(F)(F)F)n21. The number of fused-ring (bicyclic) bond motifs is 1. The van der Waals surface area contributed by atoms with Crippen molar-refractivity contribution < 1.29 is 23.1 Å². The Morgan fingerprint density at radius 3 is 2.35 bits per heavy atom. The molecule has 3 heterocycles. The Balaban J connectivity index is 1.57. The van der Waals surface area contributed by atoms with Gasteiger partial charge in [0, 0.05) is 24.5 Å². The van der Waals surface area contributed by atoms with Gasteiger partial charge in [0.15, 0.2) is 11.6 Å². The first kappa shape index (κ1) is 21.0. The summed E-state index contributed by atoms with van der Waals surface area (Å²) >= 11 is 0. The summed E-state index contributed by atoms with van der Waals surface area (Å²) in [5.74, 6) is -0.325. The molecule has 0 bridgehead atoms. The summed E-state index contributed by atoms with van der Waals surface area (Å²) in [6.07, 6.45) is -0.734. The highest BCUT2D eigenvalue weighted by molar-refractivity contribution is 5.93. The number of hydrogen-bond donors (Lipinski definition) is 1. The highest BCUT2D eigenvalue weighted by atomic mass is 19.4. The van der Waals surface area contributed by atoms with Crippen LogP contribution < -0.4 is 0 Å². The van der Waals surface area contributed by atoms with E-state index in [1.54, 1.807) is 6.92 Å². The van der Waals surface area contributed by atoms with Crippen molar-refractivity contribution >= 4 is 5.91 Å². The summed E-state index contributed by atoms with van der Waals surface area (Å²) in [4.78, 5) is 26.8. The number of aliphatic hydroxyl groups is 1. The number of benzene rings is 1. The van der Waals surface area contributed by atoms with Crippen LogP contribution in [0.25, 0.3) is 11.4 Å². The number of aromatic nitrogens is 4. The number of nitrogens with zero attached hydrogens (tertiary/aromatic N) is 5. The number of rotatable bonds is 3. The molecule has 0 aliphatic carbocycles. The third-order valence-electron chi connectivity index (χ3n) is 5.36. The molecule has 1 N–H and O–H groups in total. The zero-order valence-electron chi connectivity index (χ0n) is 16.8. The quantitative estimate of drug-likeness (QED) is 0.688. The second-order valence-corrected chi connectivity index (χ2v) is 7.71. The fourth-order valence-corrected chi connectivity index (χ4v) is 3.66. The molecule has 1 unspecified atom stereocenters. The van der Waals surface area contributed by atoms with Crippen molar-refractivity contribution in [1.29, 1.82) is 0 Å². The highest BCUT2D eigenvalue weighted by Gasteiger charge is 2.55. The lowest BCUT2D eigenvalue weighted by molar-refractivity contribution is -0.263. The number of amides is 1. The number of carbonyl (C=O) groups excluding carboxylic acids is 1. The van der Waals surface area contributed by atoms with Gasteiger partial charge in [0.05, 0.1) is 30.0 Å². The molecule has 4 rings (SSSR count). The van der Waals surface area contributed by atoms with E-state index in [9.17, 15) is 23.1 Å². The van der Waals surface area contributed by atoms with E-state index in [1.807, 2.05) is 30.3 Å². The monoisotopic (exact) mass is 431 g/mol. The molecule has 1 aromatic carbocycles. The van der Waals surface area contributed by atoms with Crippen molar-refractivity contribution in [3.05, 3.63) is 66.0 Å². The maximum Gasteiger partial charge on any atom is 0.424 e. The van der Waals surface area contributed by atoms with Crippen molar-refractivity contribution in [3.8, 4) is 11.4 Å². The molecule has 3 aromatic rings. The number of hydrogen-bond acceptors (Lipinski definition) is 5.